The lowest BCUT2D eigenvalue weighted by molar-refractivity contribution is -0.465. The summed E-state index contributed by atoms with van der Waals surface area (Å²) in [6.07, 6.45) is 0.484. The Hall–Kier alpha value is -0.500. The summed E-state index contributed by atoms with van der Waals surface area (Å²) in [6, 6.07) is 0. The van der Waals surface area contributed by atoms with Gasteiger partial charge in [0.05, 0.1) is 24.2 Å². The van der Waals surface area contributed by atoms with E-state index in [2.05, 4.69) is 6.58 Å². The first-order valence-electron chi connectivity index (χ1n) is 9.88. The summed E-state index contributed by atoms with van der Waals surface area (Å²) in [5, 5.41) is 55.4. The molecule has 4 saturated carbocycles. The molecule has 2 aliphatic heterocycles. The van der Waals surface area contributed by atoms with E-state index in [0.717, 1.165) is 19.3 Å². The van der Waals surface area contributed by atoms with Crippen molar-refractivity contribution in [2.75, 3.05) is 13.2 Å². The van der Waals surface area contributed by atoms with E-state index in [1.54, 1.807) is 0 Å². The first-order chi connectivity index (χ1) is 12.2. The Morgan fingerprint density at radius 2 is 1.92 bits per heavy atom. The minimum atomic E-state index is -1.93. The van der Waals surface area contributed by atoms with Gasteiger partial charge in [0.2, 0.25) is 5.79 Å². The number of rotatable bonds is 1. The van der Waals surface area contributed by atoms with Crippen LogP contribution in [0.4, 0.5) is 0 Å². The molecule has 0 radical (unpaired) electrons. The lowest BCUT2D eigenvalue weighted by Crippen LogP contribution is -2.83. The Morgan fingerprint density at radius 3 is 2.62 bits per heavy atom. The standard InChI is InChI=1S/C20H30O6/c1-10-11-6-12(22)13-18-5-3-4-17(2,8-21)14(18)16(24)20(25,26-9-18)19(13,7-11)15(10)23/h11-16,21-25H,1,3-9H2,2H3/t11-,12+,13+,14-,15-,16+,17+,18-,19+,20-/m1/s1. The molecule has 0 aromatic rings. The van der Waals surface area contributed by atoms with Crippen LogP contribution in [0.5, 0.6) is 0 Å². The number of ether oxygens (including phenoxy) is 1. The molecule has 0 aromatic carbocycles. The molecule has 5 N–H and O–H groups in total. The quantitative estimate of drug-likeness (QED) is 0.423. The van der Waals surface area contributed by atoms with Crippen LogP contribution in [0.2, 0.25) is 0 Å². The van der Waals surface area contributed by atoms with Crippen LogP contribution in [0, 0.1) is 34.0 Å². The zero-order chi connectivity index (χ0) is 18.7. The van der Waals surface area contributed by atoms with E-state index >= 15 is 0 Å². The second-order valence-electron chi connectivity index (χ2n) is 10.0. The van der Waals surface area contributed by atoms with Crippen LogP contribution in [0.25, 0.3) is 0 Å². The smallest absolute Gasteiger partial charge is 0.201 e. The van der Waals surface area contributed by atoms with Crippen LogP contribution >= 0.6 is 0 Å². The largest absolute Gasteiger partial charge is 0.396 e. The second kappa shape index (κ2) is 4.91. The molecule has 6 heteroatoms. The molecule has 6 rings (SSSR count). The molecule has 0 amide bonds. The van der Waals surface area contributed by atoms with Gasteiger partial charge in [-0.05, 0) is 42.6 Å². The van der Waals surface area contributed by atoms with Crippen molar-refractivity contribution in [3.05, 3.63) is 12.2 Å². The van der Waals surface area contributed by atoms with Gasteiger partial charge in [-0.25, -0.2) is 0 Å². The number of aliphatic hydroxyl groups is 5. The van der Waals surface area contributed by atoms with Crippen LogP contribution in [0.15, 0.2) is 12.2 Å². The fourth-order valence-electron chi connectivity index (χ4n) is 8.23. The van der Waals surface area contributed by atoms with Crippen molar-refractivity contribution in [3.63, 3.8) is 0 Å². The summed E-state index contributed by atoms with van der Waals surface area (Å²) in [5.74, 6) is -2.76. The van der Waals surface area contributed by atoms with Crippen molar-refractivity contribution >= 4 is 0 Å². The summed E-state index contributed by atoms with van der Waals surface area (Å²) in [7, 11) is 0. The third-order valence-electron chi connectivity index (χ3n) is 9.10. The highest BCUT2D eigenvalue weighted by atomic mass is 16.6. The monoisotopic (exact) mass is 366 g/mol. The molecule has 10 atom stereocenters. The highest BCUT2D eigenvalue weighted by molar-refractivity contribution is 5.35. The molecule has 6 fully saturated rings. The topological polar surface area (TPSA) is 110 Å². The van der Waals surface area contributed by atoms with E-state index in [1.807, 2.05) is 6.92 Å². The SMILES string of the molecule is C=C1[C@@H]2C[C@H](O)[C@H]3[C@]45CCC[C@@](C)(CO)[C@H]4[C@H](O)[C@@](O)(OC5)[C@]3(C2)[C@@H]1O. The molecule has 4 aliphatic carbocycles. The maximum Gasteiger partial charge on any atom is 0.201 e. The van der Waals surface area contributed by atoms with Gasteiger partial charge >= 0.3 is 0 Å². The summed E-state index contributed by atoms with van der Waals surface area (Å²) in [6.45, 7) is 6.15. The van der Waals surface area contributed by atoms with Crippen LogP contribution in [0.1, 0.15) is 39.0 Å². The van der Waals surface area contributed by atoms with E-state index in [0.29, 0.717) is 18.4 Å². The van der Waals surface area contributed by atoms with Gasteiger partial charge in [0.1, 0.15) is 6.10 Å². The van der Waals surface area contributed by atoms with Crippen LogP contribution in [-0.2, 0) is 4.74 Å². The summed E-state index contributed by atoms with van der Waals surface area (Å²) in [4.78, 5) is 0. The van der Waals surface area contributed by atoms with Gasteiger partial charge in [0.25, 0.3) is 0 Å². The van der Waals surface area contributed by atoms with Gasteiger partial charge in [-0.3, -0.25) is 0 Å². The first-order valence-corrected chi connectivity index (χ1v) is 9.88. The van der Waals surface area contributed by atoms with Crippen molar-refractivity contribution in [2.45, 2.75) is 63.1 Å². The minimum absolute atomic E-state index is 0.0712. The third kappa shape index (κ3) is 1.55. The highest BCUT2D eigenvalue weighted by Gasteiger charge is 2.84. The van der Waals surface area contributed by atoms with Gasteiger partial charge in [-0.1, -0.05) is 19.9 Å². The Kier molecular flexibility index (Phi) is 3.32. The van der Waals surface area contributed by atoms with Gasteiger partial charge in [0.15, 0.2) is 0 Å². The van der Waals surface area contributed by atoms with Crippen molar-refractivity contribution in [3.8, 4) is 0 Å². The van der Waals surface area contributed by atoms with Crippen molar-refractivity contribution in [1.29, 1.82) is 0 Å². The average molecular weight is 366 g/mol. The van der Waals surface area contributed by atoms with Gasteiger partial charge in [-0.15, -0.1) is 0 Å². The Morgan fingerprint density at radius 1 is 1.19 bits per heavy atom. The lowest BCUT2D eigenvalue weighted by Gasteiger charge is -2.75. The van der Waals surface area contributed by atoms with Crippen molar-refractivity contribution < 1.29 is 30.3 Å². The number of hydrogen-bond acceptors (Lipinski definition) is 6. The first kappa shape index (κ1) is 17.6. The third-order valence-corrected chi connectivity index (χ3v) is 9.10. The predicted octanol–water partition coefficient (Wildman–Crippen LogP) is 0.169. The fourth-order valence-corrected chi connectivity index (χ4v) is 8.23. The van der Waals surface area contributed by atoms with Gasteiger partial charge in [-0.2, -0.15) is 0 Å². The van der Waals surface area contributed by atoms with Crippen LogP contribution in [0.3, 0.4) is 0 Å². The van der Waals surface area contributed by atoms with E-state index in [-0.39, 0.29) is 31.0 Å². The van der Waals surface area contributed by atoms with Gasteiger partial charge in [0, 0.05) is 23.9 Å². The highest BCUT2D eigenvalue weighted by Crippen LogP contribution is 2.77. The number of hydrogen-bond donors (Lipinski definition) is 5. The summed E-state index contributed by atoms with van der Waals surface area (Å²) in [5.41, 5.74) is -1.60. The van der Waals surface area contributed by atoms with Crippen molar-refractivity contribution in [1.82, 2.24) is 0 Å². The van der Waals surface area contributed by atoms with E-state index < -0.39 is 40.3 Å². The zero-order valence-electron chi connectivity index (χ0n) is 15.3. The predicted molar refractivity (Wildman–Crippen MR) is 91.7 cm³/mol. The normalized spacial score (nSPS) is 63.5. The molecular formula is C20H30O6. The molecule has 146 valence electrons. The lowest BCUT2D eigenvalue weighted by atomic mass is 9.36. The molecule has 2 heterocycles. The molecule has 6 aliphatic rings. The van der Waals surface area contributed by atoms with Crippen LogP contribution in [-0.4, -0.2) is 62.8 Å². The molecule has 0 unspecified atom stereocenters. The summed E-state index contributed by atoms with van der Waals surface area (Å²) < 4.78 is 5.94. The molecule has 26 heavy (non-hydrogen) atoms. The van der Waals surface area contributed by atoms with Crippen molar-refractivity contribution in [2.24, 2.45) is 34.0 Å². The molecule has 2 saturated heterocycles. The maximum atomic E-state index is 11.7. The van der Waals surface area contributed by atoms with E-state index in [1.165, 1.54) is 0 Å². The molecule has 6 nitrogen and oxygen atoms in total. The number of aliphatic hydroxyl groups excluding tert-OH is 4. The molecular weight excluding hydrogens is 336 g/mol. The summed E-state index contributed by atoms with van der Waals surface area (Å²) >= 11 is 0. The van der Waals surface area contributed by atoms with E-state index in [4.69, 9.17) is 4.74 Å². The fraction of sp³-hybridized carbons (Fsp3) is 0.900. The Labute approximate surface area is 153 Å². The zero-order valence-corrected chi connectivity index (χ0v) is 15.3. The van der Waals surface area contributed by atoms with Gasteiger partial charge < -0.3 is 30.3 Å². The second-order valence-corrected chi connectivity index (χ2v) is 10.0. The average Bonchev–Trinajstić information content (AvgIpc) is 2.80. The molecule has 2 spiro atoms. The number of fused-ring (bicyclic) bond motifs is 2. The molecule has 4 bridgehead atoms. The minimum Gasteiger partial charge on any atom is -0.396 e. The maximum absolute atomic E-state index is 11.7. The van der Waals surface area contributed by atoms with E-state index in [9.17, 15) is 25.5 Å². The Balaban J connectivity index is 1.76. The Bertz CT molecular complexity index is 667. The van der Waals surface area contributed by atoms with Crippen LogP contribution < -0.4 is 0 Å². The molecule has 0 aromatic heterocycles.